The van der Waals surface area contributed by atoms with E-state index in [0.717, 1.165) is 57.3 Å². The fourth-order valence-electron chi connectivity index (χ4n) is 7.02. The van der Waals surface area contributed by atoms with Gasteiger partial charge in [-0.25, -0.2) is 0 Å². The molecule has 2 aliphatic carbocycles. The fourth-order valence-corrected chi connectivity index (χ4v) is 7.27. The Kier molecular flexibility index (Phi) is 11.0. The summed E-state index contributed by atoms with van der Waals surface area (Å²) < 4.78 is 5.20. The molecule has 1 aliphatic heterocycles. The Morgan fingerprint density at radius 3 is 2.44 bits per heavy atom. The Labute approximate surface area is 214 Å². The molecule has 3 rings (SSSR count). The predicted octanol–water partition coefficient (Wildman–Crippen LogP) is 5.07. The normalized spacial score (nSPS) is 33.6. The Balaban J connectivity index is 1.55. The number of likely N-dealkylation sites (tertiary alicyclic amines) is 1. The van der Waals surface area contributed by atoms with Crippen LogP contribution in [-0.2, 0) is 9.53 Å². The quantitative estimate of drug-likeness (QED) is 0.327. The number of alkyl halides is 1. The summed E-state index contributed by atoms with van der Waals surface area (Å²) in [7, 11) is 1.73. The number of ether oxygens (including phenoxy) is 1. The Morgan fingerprint density at radius 2 is 1.79 bits per heavy atom. The minimum absolute atomic E-state index is 0.0751. The van der Waals surface area contributed by atoms with Gasteiger partial charge in [-0.1, -0.05) is 40.5 Å². The fraction of sp³-hybridized carbons (Fsp3) is 0.964. The van der Waals surface area contributed by atoms with Crippen molar-refractivity contribution in [2.24, 2.45) is 29.1 Å². The highest BCUT2D eigenvalue weighted by atomic mass is 35.5. The number of hydrogen-bond acceptors (Lipinski definition) is 4. The van der Waals surface area contributed by atoms with E-state index in [1.54, 1.807) is 7.11 Å². The minimum atomic E-state index is 0.0751. The molecule has 0 bridgehead atoms. The molecule has 34 heavy (non-hydrogen) atoms. The topological polar surface area (TPSA) is 53.6 Å². The number of amides is 1. The van der Waals surface area contributed by atoms with Gasteiger partial charge in [0.1, 0.15) is 0 Å². The van der Waals surface area contributed by atoms with E-state index in [-0.39, 0.29) is 23.9 Å². The number of rotatable bonds is 10. The molecule has 3 fully saturated rings. The molecule has 2 saturated carbocycles. The van der Waals surface area contributed by atoms with Gasteiger partial charge in [0.15, 0.2) is 0 Å². The lowest BCUT2D eigenvalue weighted by molar-refractivity contribution is -0.128. The molecular weight excluding hydrogens is 446 g/mol. The average molecular weight is 498 g/mol. The molecule has 0 radical (unpaired) electrons. The van der Waals surface area contributed by atoms with Crippen LogP contribution in [0, 0.1) is 29.1 Å². The van der Waals surface area contributed by atoms with Gasteiger partial charge in [0.2, 0.25) is 5.91 Å². The zero-order chi connectivity index (χ0) is 24.7. The SMILES string of the molecule is COCCNC1CCCCC1C(=O)N[C@@H](CN1CCC(C2CCC(Cl)CC2)C(C)(C)C1)C(C)C. The van der Waals surface area contributed by atoms with Crippen molar-refractivity contribution in [2.75, 3.05) is 39.9 Å². The third-order valence-electron chi connectivity index (χ3n) is 9.06. The van der Waals surface area contributed by atoms with Gasteiger partial charge in [0, 0.05) is 44.2 Å². The second kappa shape index (κ2) is 13.3. The smallest absolute Gasteiger partial charge is 0.224 e. The Bertz CT molecular complexity index is 621. The number of carbonyl (C=O) groups is 1. The Morgan fingerprint density at radius 1 is 1.09 bits per heavy atom. The van der Waals surface area contributed by atoms with E-state index in [4.69, 9.17) is 16.3 Å². The number of carbonyl (C=O) groups excluding carboxylic acids is 1. The van der Waals surface area contributed by atoms with Crippen LogP contribution in [0.4, 0.5) is 0 Å². The number of halogens is 1. The molecule has 198 valence electrons. The van der Waals surface area contributed by atoms with E-state index < -0.39 is 0 Å². The predicted molar refractivity (Wildman–Crippen MR) is 142 cm³/mol. The molecule has 0 aromatic heterocycles. The van der Waals surface area contributed by atoms with Crippen molar-refractivity contribution in [3.63, 3.8) is 0 Å². The highest BCUT2D eigenvalue weighted by Crippen LogP contribution is 2.45. The third kappa shape index (κ3) is 7.82. The molecule has 3 unspecified atom stereocenters. The number of piperidine rings is 1. The second-order valence-corrected chi connectivity index (χ2v) is 13.1. The summed E-state index contributed by atoms with van der Waals surface area (Å²) in [6.07, 6.45) is 10.7. The molecule has 4 atom stereocenters. The monoisotopic (exact) mass is 497 g/mol. The van der Waals surface area contributed by atoms with Gasteiger partial charge in [-0.15, -0.1) is 11.6 Å². The van der Waals surface area contributed by atoms with Crippen LogP contribution >= 0.6 is 11.6 Å². The van der Waals surface area contributed by atoms with Crippen LogP contribution in [0.25, 0.3) is 0 Å². The molecule has 0 aromatic carbocycles. The van der Waals surface area contributed by atoms with Crippen LogP contribution in [0.2, 0.25) is 0 Å². The first-order chi connectivity index (χ1) is 16.2. The van der Waals surface area contributed by atoms with Crippen molar-refractivity contribution in [1.82, 2.24) is 15.5 Å². The van der Waals surface area contributed by atoms with Gasteiger partial charge in [-0.05, 0) is 74.7 Å². The maximum absolute atomic E-state index is 13.4. The van der Waals surface area contributed by atoms with Gasteiger partial charge in [-0.2, -0.15) is 0 Å². The lowest BCUT2D eigenvalue weighted by atomic mass is 9.64. The molecule has 6 heteroatoms. The summed E-state index contributed by atoms with van der Waals surface area (Å²) in [5.41, 5.74) is 0.313. The lowest BCUT2D eigenvalue weighted by Crippen LogP contribution is -2.56. The van der Waals surface area contributed by atoms with Gasteiger partial charge in [-0.3, -0.25) is 4.79 Å². The van der Waals surface area contributed by atoms with E-state index in [1.165, 1.54) is 38.5 Å². The number of nitrogens with zero attached hydrogens (tertiary/aromatic N) is 1. The molecule has 5 nitrogen and oxygen atoms in total. The molecular formula is C28H52ClN3O2. The summed E-state index contributed by atoms with van der Waals surface area (Å²) in [5, 5.41) is 7.47. The summed E-state index contributed by atoms with van der Waals surface area (Å²) in [6, 6.07) is 0.475. The van der Waals surface area contributed by atoms with Crippen molar-refractivity contribution in [3.05, 3.63) is 0 Å². The van der Waals surface area contributed by atoms with Gasteiger partial charge in [0.05, 0.1) is 12.5 Å². The maximum Gasteiger partial charge on any atom is 0.224 e. The number of methoxy groups -OCH3 is 1. The van der Waals surface area contributed by atoms with Crippen LogP contribution in [0.15, 0.2) is 0 Å². The zero-order valence-corrected chi connectivity index (χ0v) is 23.3. The van der Waals surface area contributed by atoms with Crippen molar-refractivity contribution < 1.29 is 9.53 Å². The standard InChI is InChI=1S/C28H52ClN3O2/c1-20(2)26(31-27(33)23-8-6-7-9-25(23)30-15-17-34-5)18-32-16-14-24(28(3,4)19-32)21-10-12-22(29)13-11-21/h20-26,30H,6-19H2,1-5H3,(H,31,33)/t21?,22?,23?,24?,25?,26-/m0/s1. The van der Waals surface area contributed by atoms with E-state index in [0.29, 0.717) is 23.3 Å². The van der Waals surface area contributed by atoms with Crippen LogP contribution in [0.5, 0.6) is 0 Å². The van der Waals surface area contributed by atoms with Gasteiger partial charge < -0.3 is 20.3 Å². The molecule has 1 saturated heterocycles. The molecule has 3 aliphatic rings. The first kappa shape index (κ1) is 28.2. The average Bonchev–Trinajstić information content (AvgIpc) is 2.79. The van der Waals surface area contributed by atoms with Crippen LogP contribution in [-0.4, -0.2) is 68.2 Å². The largest absolute Gasteiger partial charge is 0.383 e. The van der Waals surface area contributed by atoms with E-state index in [1.807, 2.05) is 0 Å². The maximum atomic E-state index is 13.4. The van der Waals surface area contributed by atoms with Crippen molar-refractivity contribution in [1.29, 1.82) is 0 Å². The third-order valence-corrected chi connectivity index (χ3v) is 9.50. The summed E-state index contributed by atoms with van der Waals surface area (Å²) in [6.45, 7) is 14.2. The molecule has 1 heterocycles. The van der Waals surface area contributed by atoms with E-state index in [2.05, 4.69) is 43.2 Å². The summed E-state index contributed by atoms with van der Waals surface area (Å²) >= 11 is 6.39. The van der Waals surface area contributed by atoms with Crippen molar-refractivity contribution in [2.45, 2.75) is 103 Å². The molecule has 2 N–H and O–H groups in total. The van der Waals surface area contributed by atoms with E-state index in [9.17, 15) is 4.79 Å². The lowest BCUT2D eigenvalue weighted by Gasteiger charge is -2.49. The highest BCUT2D eigenvalue weighted by Gasteiger charge is 2.42. The highest BCUT2D eigenvalue weighted by molar-refractivity contribution is 6.20. The number of nitrogens with one attached hydrogen (secondary N) is 2. The minimum Gasteiger partial charge on any atom is -0.383 e. The summed E-state index contributed by atoms with van der Waals surface area (Å²) in [5.74, 6) is 2.38. The van der Waals surface area contributed by atoms with Crippen molar-refractivity contribution in [3.8, 4) is 0 Å². The zero-order valence-electron chi connectivity index (χ0n) is 22.6. The van der Waals surface area contributed by atoms with Crippen molar-refractivity contribution >= 4 is 17.5 Å². The molecule has 0 spiro atoms. The molecule has 1 amide bonds. The second-order valence-electron chi connectivity index (χ2n) is 12.4. The van der Waals surface area contributed by atoms with Crippen LogP contribution in [0.1, 0.15) is 85.5 Å². The van der Waals surface area contributed by atoms with E-state index >= 15 is 0 Å². The van der Waals surface area contributed by atoms with Crippen LogP contribution in [0.3, 0.4) is 0 Å². The first-order valence-electron chi connectivity index (χ1n) is 14.1. The van der Waals surface area contributed by atoms with Gasteiger partial charge >= 0.3 is 0 Å². The Hall–Kier alpha value is -0.360. The molecule has 0 aromatic rings. The van der Waals surface area contributed by atoms with Crippen LogP contribution < -0.4 is 10.6 Å². The first-order valence-corrected chi connectivity index (χ1v) is 14.5. The summed E-state index contributed by atoms with van der Waals surface area (Å²) in [4.78, 5) is 16.0. The van der Waals surface area contributed by atoms with Gasteiger partial charge in [0.25, 0.3) is 0 Å². The number of hydrogen-bond donors (Lipinski definition) is 2.